The first kappa shape index (κ1) is 21.9. The number of amides is 2. The molecule has 1 unspecified atom stereocenters. The van der Waals surface area contributed by atoms with Crippen molar-refractivity contribution in [2.45, 2.75) is 32.7 Å². The number of benzene rings is 2. The molecule has 0 aliphatic carbocycles. The number of hydrogen-bond donors (Lipinski definition) is 0. The monoisotopic (exact) mass is 407 g/mol. The van der Waals surface area contributed by atoms with Gasteiger partial charge in [0.25, 0.3) is 0 Å². The topological polar surface area (TPSA) is 43.9 Å². The summed E-state index contributed by atoms with van der Waals surface area (Å²) in [7, 11) is 4.04. The Hall–Kier alpha value is -2.82. The van der Waals surface area contributed by atoms with Crippen LogP contribution in [0.15, 0.2) is 54.6 Å². The normalized spacial score (nSPS) is 16.2. The van der Waals surface area contributed by atoms with Crippen molar-refractivity contribution in [3.63, 3.8) is 0 Å². The number of rotatable bonds is 7. The van der Waals surface area contributed by atoms with Gasteiger partial charge in [-0.15, -0.1) is 0 Å². The molecule has 0 saturated carbocycles. The Labute approximate surface area is 180 Å². The average Bonchev–Trinajstić information content (AvgIpc) is 2.78. The first-order valence-electron chi connectivity index (χ1n) is 10.8. The Morgan fingerprint density at radius 3 is 2.33 bits per heavy atom. The lowest BCUT2D eigenvalue weighted by molar-refractivity contribution is -0.141. The minimum atomic E-state index is -0.112. The molecule has 0 bridgehead atoms. The molecule has 0 spiro atoms. The lowest BCUT2D eigenvalue weighted by Crippen LogP contribution is -2.47. The molecule has 1 aliphatic rings. The van der Waals surface area contributed by atoms with Crippen LogP contribution in [0.25, 0.3) is 0 Å². The molecule has 0 aromatic heterocycles. The summed E-state index contributed by atoms with van der Waals surface area (Å²) in [5, 5.41) is 0. The van der Waals surface area contributed by atoms with Crippen LogP contribution in [-0.4, -0.2) is 55.3 Å². The fourth-order valence-electron chi connectivity index (χ4n) is 4.01. The van der Waals surface area contributed by atoms with Gasteiger partial charge in [-0.3, -0.25) is 9.59 Å². The molecular weight excluding hydrogens is 374 g/mol. The van der Waals surface area contributed by atoms with E-state index in [0.29, 0.717) is 26.1 Å². The zero-order valence-electron chi connectivity index (χ0n) is 18.4. The van der Waals surface area contributed by atoms with E-state index in [1.807, 2.05) is 61.2 Å². The summed E-state index contributed by atoms with van der Waals surface area (Å²) in [6, 6.07) is 18.2. The predicted molar refractivity (Wildman–Crippen MR) is 121 cm³/mol. The fraction of sp³-hybridized carbons (Fsp3) is 0.440. The Kier molecular flexibility index (Phi) is 7.50. The Morgan fingerprint density at radius 2 is 1.70 bits per heavy atom. The van der Waals surface area contributed by atoms with E-state index in [9.17, 15) is 9.59 Å². The van der Waals surface area contributed by atoms with Gasteiger partial charge in [0.2, 0.25) is 11.8 Å². The van der Waals surface area contributed by atoms with Gasteiger partial charge in [-0.2, -0.15) is 0 Å². The Bertz CT molecular complexity index is 833. The van der Waals surface area contributed by atoms with E-state index in [4.69, 9.17) is 0 Å². The summed E-state index contributed by atoms with van der Waals surface area (Å²) in [5.41, 5.74) is 3.30. The van der Waals surface area contributed by atoms with Crippen LogP contribution in [0.4, 0.5) is 5.69 Å². The highest BCUT2D eigenvalue weighted by Crippen LogP contribution is 2.21. The molecule has 2 amide bonds. The molecule has 160 valence electrons. The van der Waals surface area contributed by atoms with Gasteiger partial charge in [0.1, 0.15) is 0 Å². The zero-order chi connectivity index (χ0) is 21.5. The predicted octanol–water partition coefficient (Wildman–Crippen LogP) is 3.58. The molecule has 3 rings (SSSR count). The number of hydrogen-bond acceptors (Lipinski definition) is 3. The lowest BCUT2D eigenvalue weighted by atomic mass is 9.95. The van der Waals surface area contributed by atoms with Gasteiger partial charge in [0, 0.05) is 46.0 Å². The smallest absolute Gasteiger partial charge is 0.227 e. The van der Waals surface area contributed by atoms with Gasteiger partial charge in [0.05, 0.1) is 12.3 Å². The number of carbonyl (C=O) groups is 2. The number of carbonyl (C=O) groups excluding carboxylic acids is 2. The molecule has 0 N–H and O–H groups in total. The molecule has 2 aromatic rings. The Morgan fingerprint density at radius 1 is 1.00 bits per heavy atom. The highest BCUT2D eigenvalue weighted by Gasteiger charge is 2.30. The minimum Gasteiger partial charge on any atom is -0.378 e. The maximum atomic E-state index is 13.2. The van der Waals surface area contributed by atoms with Crippen LogP contribution < -0.4 is 4.90 Å². The van der Waals surface area contributed by atoms with E-state index in [1.54, 1.807) is 0 Å². The van der Waals surface area contributed by atoms with Crippen molar-refractivity contribution in [3.8, 4) is 0 Å². The number of likely N-dealkylation sites (tertiary alicyclic amines) is 1. The summed E-state index contributed by atoms with van der Waals surface area (Å²) >= 11 is 0. The molecule has 1 aliphatic heterocycles. The van der Waals surface area contributed by atoms with E-state index >= 15 is 0 Å². The van der Waals surface area contributed by atoms with Gasteiger partial charge < -0.3 is 14.7 Å². The van der Waals surface area contributed by atoms with Crippen LogP contribution in [0.5, 0.6) is 0 Å². The highest BCUT2D eigenvalue weighted by molar-refractivity contribution is 5.82. The van der Waals surface area contributed by atoms with Crippen LogP contribution in [0.3, 0.4) is 0 Å². The summed E-state index contributed by atoms with van der Waals surface area (Å²) in [5.74, 6) is 0.159. The molecule has 1 heterocycles. The highest BCUT2D eigenvalue weighted by atomic mass is 16.2. The van der Waals surface area contributed by atoms with Crippen LogP contribution in [0.1, 0.15) is 30.9 Å². The van der Waals surface area contributed by atoms with Crippen molar-refractivity contribution in [1.82, 2.24) is 9.80 Å². The molecule has 1 saturated heterocycles. The maximum absolute atomic E-state index is 13.2. The molecule has 1 fully saturated rings. The summed E-state index contributed by atoms with van der Waals surface area (Å²) in [6.45, 7) is 4.57. The van der Waals surface area contributed by atoms with Crippen molar-refractivity contribution < 1.29 is 9.59 Å². The number of piperidine rings is 1. The number of nitrogens with zero attached hydrogens (tertiary/aromatic N) is 3. The summed E-state index contributed by atoms with van der Waals surface area (Å²) in [6.07, 6.45) is 2.13. The fourth-order valence-corrected chi connectivity index (χ4v) is 4.01. The molecular formula is C25H33N3O2. The number of anilines is 1. The second kappa shape index (κ2) is 10.3. The lowest BCUT2D eigenvalue weighted by Gasteiger charge is -2.35. The first-order chi connectivity index (χ1) is 14.5. The van der Waals surface area contributed by atoms with Gasteiger partial charge in [-0.1, -0.05) is 42.5 Å². The third-order valence-electron chi connectivity index (χ3n) is 5.84. The van der Waals surface area contributed by atoms with Crippen molar-refractivity contribution in [2.75, 3.05) is 38.6 Å². The second-order valence-electron chi connectivity index (χ2n) is 8.25. The Balaban J connectivity index is 1.60. The molecule has 2 aromatic carbocycles. The molecule has 5 nitrogen and oxygen atoms in total. The quantitative estimate of drug-likeness (QED) is 0.705. The van der Waals surface area contributed by atoms with Crippen LogP contribution >= 0.6 is 0 Å². The second-order valence-corrected chi connectivity index (χ2v) is 8.25. The third kappa shape index (κ3) is 5.62. The summed E-state index contributed by atoms with van der Waals surface area (Å²) in [4.78, 5) is 31.8. The summed E-state index contributed by atoms with van der Waals surface area (Å²) < 4.78 is 0. The maximum Gasteiger partial charge on any atom is 0.227 e. The van der Waals surface area contributed by atoms with E-state index in [1.165, 1.54) is 0 Å². The van der Waals surface area contributed by atoms with Crippen LogP contribution in [0, 0.1) is 5.92 Å². The first-order valence-corrected chi connectivity index (χ1v) is 10.8. The molecule has 1 atom stereocenters. The van der Waals surface area contributed by atoms with Gasteiger partial charge >= 0.3 is 0 Å². The zero-order valence-corrected chi connectivity index (χ0v) is 18.4. The van der Waals surface area contributed by atoms with Crippen molar-refractivity contribution >= 4 is 17.5 Å². The minimum absolute atomic E-state index is 0.112. The van der Waals surface area contributed by atoms with Crippen molar-refractivity contribution in [1.29, 1.82) is 0 Å². The standard InChI is InChI=1S/C25H33N3O2/c1-4-27(18-21-12-14-23(15-13-21)26(2)3)25(30)22-11-8-16-28(19-22)24(29)17-20-9-6-5-7-10-20/h5-7,9-10,12-15,22H,4,8,11,16-19H2,1-3H3. The van der Waals surface area contributed by atoms with Gasteiger partial charge in [0.15, 0.2) is 0 Å². The molecule has 5 heteroatoms. The average molecular weight is 408 g/mol. The van der Waals surface area contributed by atoms with Crippen molar-refractivity contribution in [2.24, 2.45) is 5.92 Å². The van der Waals surface area contributed by atoms with E-state index in [0.717, 1.165) is 36.2 Å². The molecule has 0 radical (unpaired) electrons. The van der Waals surface area contributed by atoms with E-state index in [-0.39, 0.29) is 17.7 Å². The van der Waals surface area contributed by atoms with Crippen LogP contribution in [0.2, 0.25) is 0 Å². The van der Waals surface area contributed by atoms with E-state index < -0.39 is 0 Å². The largest absolute Gasteiger partial charge is 0.378 e. The van der Waals surface area contributed by atoms with Gasteiger partial charge in [-0.05, 0) is 43.0 Å². The van der Waals surface area contributed by atoms with Gasteiger partial charge in [-0.25, -0.2) is 0 Å². The molecule has 30 heavy (non-hydrogen) atoms. The SMILES string of the molecule is CCN(Cc1ccc(N(C)C)cc1)C(=O)C1CCCN(C(=O)Cc2ccccc2)C1. The van der Waals surface area contributed by atoms with Crippen LogP contribution in [-0.2, 0) is 22.6 Å². The third-order valence-corrected chi connectivity index (χ3v) is 5.84. The van der Waals surface area contributed by atoms with E-state index in [2.05, 4.69) is 29.2 Å². The van der Waals surface area contributed by atoms with Crippen molar-refractivity contribution in [3.05, 3.63) is 65.7 Å².